The van der Waals surface area contributed by atoms with Crippen molar-refractivity contribution >= 4 is 33.1 Å². The van der Waals surface area contributed by atoms with Crippen LogP contribution in [-0.2, 0) is 7.05 Å². The number of thiocarbonyl (C=S) groups is 1. The molecular formula is C11H10BrN3OS. The molecule has 0 aliphatic carbocycles. The van der Waals surface area contributed by atoms with E-state index in [1.54, 1.807) is 17.1 Å². The quantitative estimate of drug-likeness (QED) is 0.885. The standard InChI is InChI=1S/C11H10BrN3OS/c1-15-6-8(5-14-15)16-7-2-3-9(11(13)17)10(12)4-7/h2-6H,1H3,(H2,13,17). The minimum atomic E-state index is 0.352. The van der Waals surface area contributed by atoms with E-state index in [-0.39, 0.29) is 0 Å². The Bertz CT molecular complexity index is 568. The largest absolute Gasteiger partial charge is 0.454 e. The lowest BCUT2D eigenvalue weighted by molar-refractivity contribution is 0.481. The summed E-state index contributed by atoms with van der Waals surface area (Å²) in [6.07, 6.45) is 3.44. The van der Waals surface area contributed by atoms with Crippen LogP contribution < -0.4 is 10.5 Å². The zero-order chi connectivity index (χ0) is 12.4. The van der Waals surface area contributed by atoms with Crippen LogP contribution in [0.25, 0.3) is 0 Å². The molecule has 2 N–H and O–H groups in total. The van der Waals surface area contributed by atoms with Crippen molar-refractivity contribution in [2.45, 2.75) is 0 Å². The zero-order valence-corrected chi connectivity index (χ0v) is 11.5. The molecule has 0 saturated heterocycles. The van der Waals surface area contributed by atoms with E-state index in [9.17, 15) is 0 Å². The van der Waals surface area contributed by atoms with Crippen LogP contribution in [0.3, 0.4) is 0 Å². The molecule has 0 fully saturated rings. The fraction of sp³-hybridized carbons (Fsp3) is 0.0909. The molecular weight excluding hydrogens is 302 g/mol. The van der Waals surface area contributed by atoms with Gasteiger partial charge in [0.15, 0.2) is 5.75 Å². The average molecular weight is 312 g/mol. The number of nitrogens with zero attached hydrogens (tertiary/aromatic N) is 2. The third-order valence-corrected chi connectivity index (χ3v) is 3.00. The van der Waals surface area contributed by atoms with Gasteiger partial charge in [0.1, 0.15) is 10.7 Å². The molecule has 0 spiro atoms. The number of halogens is 1. The number of hydrogen-bond acceptors (Lipinski definition) is 3. The number of benzene rings is 1. The lowest BCUT2D eigenvalue weighted by Gasteiger charge is -2.06. The van der Waals surface area contributed by atoms with Crippen LogP contribution in [-0.4, -0.2) is 14.8 Å². The van der Waals surface area contributed by atoms with Gasteiger partial charge in [-0.1, -0.05) is 12.2 Å². The molecule has 0 atom stereocenters. The van der Waals surface area contributed by atoms with Crippen LogP contribution in [0, 0.1) is 0 Å². The Kier molecular flexibility index (Phi) is 3.44. The highest BCUT2D eigenvalue weighted by Gasteiger charge is 2.06. The van der Waals surface area contributed by atoms with Crippen molar-refractivity contribution in [1.82, 2.24) is 9.78 Å². The van der Waals surface area contributed by atoms with Gasteiger partial charge < -0.3 is 10.5 Å². The lowest BCUT2D eigenvalue weighted by atomic mass is 10.2. The molecule has 0 amide bonds. The fourth-order valence-electron chi connectivity index (χ4n) is 1.35. The van der Waals surface area contributed by atoms with Gasteiger partial charge >= 0.3 is 0 Å². The molecule has 4 nitrogen and oxygen atoms in total. The second kappa shape index (κ2) is 4.85. The summed E-state index contributed by atoms with van der Waals surface area (Å²) in [7, 11) is 1.83. The number of hydrogen-bond donors (Lipinski definition) is 1. The maximum Gasteiger partial charge on any atom is 0.165 e. The topological polar surface area (TPSA) is 53.1 Å². The highest BCUT2D eigenvalue weighted by atomic mass is 79.9. The van der Waals surface area contributed by atoms with Crippen molar-refractivity contribution in [3.05, 3.63) is 40.6 Å². The monoisotopic (exact) mass is 311 g/mol. The summed E-state index contributed by atoms with van der Waals surface area (Å²) < 4.78 is 8.10. The third-order valence-electron chi connectivity index (χ3n) is 2.12. The average Bonchev–Trinajstić information content (AvgIpc) is 2.63. The van der Waals surface area contributed by atoms with Crippen LogP contribution in [0.2, 0.25) is 0 Å². The van der Waals surface area contributed by atoms with Gasteiger partial charge in [0.2, 0.25) is 0 Å². The van der Waals surface area contributed by atoms with Crippen molar-refractivity contribution in [3.8, 4) is 11.5 Å². The summed E-state index contributed by atoms with van der Waals surface area (Å²) in [6.45, 7) is 0. The van der Waals surface area contributed by atoms with E-state index < -0.39 is 0 Å². The molecule has 1 heterocycles. The number of rotatable bonds is 3. The summed E-state index contributed by atoms with van der Waals surface area (Å²) >= 11 is 8.32. The molecule has 1 aromatic heterocycles. The first-order chi connectivity index (χ1) is 8.06. The highest BCUT2D eigenvalue weighted by Crippen LogP contribution is 2.26. The van der Waals surface area contributed by atoms with Gasteiger partial charge in [-0.05, 0) is 34.1 Å². The van der Waals surface area contributed by atoms with Crippen molar-refractivity contribution in [2.24, 2.45) is 12.8 Å². The van der Waals surface area contributed by atoms with E-state index in [0.717, 1.165) is 10.0 Å². The Morgan fingerprint density at radius 1 is 1.47 bits per heavy atom. The van der Waals surface area contributed by atoms with E-state index in [0.29, 0.717) is 16.5 Å². The maximum atomic E-state index is 5.62. The molecule has 0 bridgehead atoms. The van der Waals surface area contributed by atoms with E-state index >= 15 is 0 Å². The number of ether oxygens (including phenoxy) is 1. The Labute approximate surface area is 113 Å². The molecule has 88 valence electrons. The molecule has 0 unspecified atom stereocenters. The van der Waals surface area contributed by atoms with E-state index in [4.69, 9.17) is 22.7 Å². The molecule has 0 aliphatic heterocycles. The second-order valence-corrected chi connectivity index (χ2v) is 4.75. The van der Waals surface area contributed by atoms with Gasteiger partial charge in [-0.25, -0.2) is 0 Å². The Morgan fingerprint density at radius 2 is 2.24 bits per heavy atom. The van der Waals surface area contributed by atoms with E-state index in [2.05, 4.69) is 21.0 Å². The Hall–Kier alpha value is -1.40. The Morgan fingerprint density at radius 3 is 2.76 bits per heavy atom. The molecule has 17 heavy (non-hydrogen) atoms. The predicted molar refractivity (Wildman–Crippen MR) is 73.3 cm³/mol. The fourth-order valence-corrected chi connectivity index (χ4v) is 2.23. The first-order valence-corrected chi connectivity index (χ1v) is 6.02. The summed E-state index contributed by atoms with van der Waals surface area (Å²) in [6, 6.07) is 5.45. The zero-order valence-electron chi connectivity index (χ0n) is 9.05. The molecule has 6 heteroatoms. The van der Waals surface area contributed by atoms with Crippen molar-refractivity contribution in [2.75, 3.05) is 0 Å². The molecule has 0 aliphatic rings. The van der Waals surface area contributed by atoms with Gasteiger partial charge in [-0.2, -0.15) is 5.10 Å². The highest BCUT2D eigenvalue weighted by molar-refractivity contribution is 9.10. The summed E-state index contributed by atoms with van der Waals surface area (Å²) in [4.78, 5) is 0.352. The smallest absolute Gasteiger partial charge is 0.165 e. The molecule has 2 aromatic rings. The normalized spacial score (nSPS) is 10.2. The van der Waals surface area contributed by atoms with Gasteiger partial charge in [0.05, 0.1) is 12.4 Å². The van der Waals surface area contributed by atoms with Crippen molar-refractivity contribution in [3.63, 3.8) is 0 Å². The van der Waals surface area contributed by atoms with Crippen LogP contribution in [0.1, 0.15) is 5.56 Å². The van der Waals surface area contributed by atoms with Crippen molar-refractivity contribution < 1.29 is 4.74 Å². The van der Waals surface area contributed by atoms with Gasteiger partial charge in [0, 0.05) is 17.1 Å². The molecule has 0 radical (unpaired) electrons. The number of aryl methyl sites for hydroxylation is 1. The van der Waals surface area contributed by atoms with Gasteiger partial charge in [-0.3, -0.25) is 4.68 Å². The number of nitrogens with two attached hydrogens (primary N) is 1. The van der Waals surface area contributed by atoms with Gasteiger partial charge in [0.25, 0.3) is 0 Å². The molecule has 0 saturated carbocycles. The summed E-state index contributed by atoms with van der Waals surface area (Å²) in [5, 5.41) is 4.02. The first-order valence-electron chi connectivity index (χ1n) is 4.82. The van der Waals surface area contributed by atoms with Crippen LogP contribution >= 0.6 is 28.1 Å². The van der Waals surface area contributed by atoms with Crippen LogP contribution in [0.5, 0.6) is 11.5 Å². The predicted octanol–water partition coefficient (Wildman–Crippen LogP) is 2.61. The van der Waals surface area contributed by atoms with E-state index in [1.165, 1.54) is 0 Å². The Balaban J connectivity index is 2.23. The third kappa shape index (κ3) is 2.83. The van der Waals surface area contributed by atoms with E-state index in [1.807, 2.05) is 25.2 Å². The SMILES string of the molecule is Cn1cc(Oc2ccc(C(N)=S)c(Br)c2)cn1. The van der Waals surface area contributed by atoms with Crippen LogP contribution in [0.15, 0.2) is 35.1 Å². The molecule has 2 rings (SSSR count). The minimum Gasteiger partial charge on any atom is -0.454 e. The second-order valence-electron chi connectivity index (χ2n) is 3.46. The summed E-state index contributed by atoms with van der Waals surface area (Å²) in [5.74, 6) is 1.38. The van der Waals surface area contributed by atoms with Crippen molar-refractivity contribution in [1.29, 1.82) is 0 Å². The number of aromatic nitrogens is 2. The first kappa shape index (κ1) is 12.1. The maximum absolute atomic E-state index is 5.62. The molecule has 1 aromatic carbocycles. The minimum absolute atomic E-state index is 0.352. The van der Waals surface area contributed by atoms with Gasteiger partial charge in [-0.15, -0.1) is 0 Å². The summed E-state index contributed by atoms with van der Waals surface area (Å²) in [5.41, 5.74) is 6.36. The lowest BCUT2D eigenvalue weighted by Crippen LogP contribution is -2.09. The van der Waals surface area contributed by atoms with Crippen LogP contribution in [0.4, 0.5) is 0 Å².